The summed E-state index contributed by atoms with van der Waals surface area (Å²) in [6, 6.07) is 16.5. The summed E-state index contributed by atoms with van der Waals surface area (Å²) in [4.78, 5) is 0. The number of fused-ring (bicyclic) bond motifs is 5. The maximum Gasteiger partial charge on any atom is 0.123 e. The van der Waals surface area contributed by atoms with Gasteiger partial charge in [-0.3, -0.25) is 0 Å². The molecule has 0 saturated heterocycles. The molecular formula is C26H26FN. The van der Waals surface area contributed by atoms with Crippen LogP contribution < -0.4 is 5.32 Å². The fourth-order valence-corrected chi connectivity index (χ4v) is 5.39. The van der Waals surface area contributed by atoms with Crippen LogP contribution in [0.5, 0.6) is 0 Å². The van der Waals surface area contributed by atoms with Crippen LogP contribution in [0.15, 0.2) is 48.5 Å². The second kappa shape index (κ2) is 6.77. The van der Waals surface area contributed by atoms with Crippen molar-refractivity contribution in [1.29, 1.82) is 0 Å². The molecule has 3 aromatic carbocycles. The Morgan fingerprint density at radius 2 is 1.75 bits per heavy atom. The summed E-state index contributed by atoms with van der Waals surface area (Å²) >= 11 is 0. The van der Waals surface area contributed by atoms with Crippen LogP contribution in [0.2, 0.25) is 0 Å². The number of halogens is 1. The van der Waals surface area contributed by atoms with E-state index < -0.39 is 0 Å². The zero-order chi connectivity index (χ0) is 19.3. The topological polar surface area (TPSA) is 12.0 Å². The third kappa shape index (κ3) is 2.74. The molecule has 142 valence electrons. The number of hydrogen-bond acceptors (Lipinski definition) is 1. The lowest BCUT2D eigenvalue weighted by molar-refractivity contribution is 0.578. The Hall–Kier alpha value is -2.61. The molecular weight excluding hydrogens is 345 g/mol. The molecule has 1 nitrogen and oxygen atoms in total. The summed E-state index contributed by atoms with van der Waals surface area (Å²) in [5.74, 6) is 0.464. The summed E-state index contributed by atoms with van der Waals surface area (Å²) in [5.41, 5.74) is 12.4. The highest BCUT2D eigenvalue weighted by atomic mass is 19.1. The molecule has 2 aliphatic rings. The second-order valence-corrected chi connectivity index (χ2v) is 8.24. The molecule has 0 aliphatic heterocycles. The number of aryl methyl sites for hydroxylation is 1. The van der Waals surface area contributed by atoms with Gasteiger partial charge in [-0.05, 0) is 108 Å². The van der Waals surface area contributed by atoms with Crippen LogP contribution in [0.3, 0.4) is 0 Å². The van der Waals surface area contributed by atoms with Crippen molar-refractivity contribution in [3.63, 3.8) is 0 Å². The Morgan fingerprint density at radius 1 is 0.893 bits per heavy atom. The van der Waals surface area contributed by atoms with Crippen molar-refractivity contribution >= 4 is 5.69 Å². The van der Waals surface area contributed by atoms with Crippen LogP contribution >= 0.6 is 0 Å². The van der Waals surface area contributed by atoms with E-state index >= 15 is 0 Å². The molecule has 0 amide bonds. The lowest BCUT2D eigenvalue weighted by Crippen LogP contribution is -2.18. The van der Waals surface area contributed by atoms with E-state index in [4.69, 9.17) is 0 Å². The predicted octanol–water partition coefficient (Wildman–Crippen LogP) is 6.21. The molecule has 0 aromatic heterocycles. The largest absolute Gasteiger partial charge is 0.388 e. The quantitative estimate of drug-likeness (QED) is 0.564. The first-order chi connectivity index (χ1) is 13.7. The van der Waals surface area contributed by atoms with Gasteiger partial charge in [0.25, 0.3) is 0 Å². The van der Waals surface area contributed by atoms with Gasteiger partial charge in [-0.2, -0.15) is 0 Å². The fourth-order valence-electron chi connectivity index (χ4n) is 5.39. The van der Waals surface area contributed by atoms with Crippen molar-refractivity contribution in [2.45, 2.75) is 44.9 Å². The number of anilines is 1. The average Bonchev–Trinajstić information content (AvgIpc) is 2.72. The number of hydrogen-bond donors (Lipinski definition) is 1. The maximum atomic E-state index is 13.6. The van der Waals surface area contributed by atoms with Gasteiger partial charge in [0.15, 0.2) is 0 Å². The third-order valence-corrected chi connectivity index (χ3v) is 6.82. The van der Waals surface area contributed by atoms with Gasteiger partial charge in [-0.1, -0.05) is 30.3 Å². The second-order valence-electron chi connectivity index (χ2n) is 8.24. The Bertz CT molecular complexity index is 1070. The van der Waals surface area contributed by atoms with Gasteiger partial charge in [0.2, 0.25) is 0 Å². The van der Waals surface area contributed by atoms with Gasteiger partial charge < -0.3 is 5.32 Å². The Morgan fingerprint density at radius 3 is 2.61 bits per heavy atom. The number of benzene rings is 3. The highest BCUT2D eigenvalue weighted by Crippen LogP contribution is 2.42. The van der Waals surface area contributed by atoms with Crippen molar-refractivity contribution in [3.8, 4) is 11.1 Å². The summed E-state index contributed by atoms with van der Waals surface area (Å²) in [6.07, 6.45) is 5.45. The first-order valence-electron chi connectivity index (χ1n) is 10.4. The highest BCUT2D eigenvalue weighted by Gasteiger charge is 2.27. The molecule has 0 bridgehead atoms. The summed E-state index contributed by atoms with van der Waals surface area (Å²) < 4.78 is 13.6. The lowest BCUT2D eigenvalue weighted by atomic mass is 9.73. The van der Waals surface area contributed by atoms with Crippen LogP contribution in [-0.2, 0) is 25.7 Å². The Kier molecular flexibility index (Phi) is 4.23. The van der Waals surface area contributed by atoms with E-state index in [9.17, 15) is 4.39 Å². The van der Waals surface area contributed by atoms with Crippen LogP contribution in [-0.4, -0.2) is 7.05 Å². The van der Waals surface area contributed by atoms with Crippen molar-refractivity contribution in [3.05, 3.63) is 87.7 Å². The van der Waals surface area contributed by atoms with Crippen molar-refractivity contribution in [1.82, 2.24) is 0 Å². The standard InChI is InChI=1S/C26H26FN/c1-16-21(4-3-5-26(16)28-2)17-6-10-22-18(14-17)7-11-25-23-13-9-20(27)15-19(23)8-12-24(22)25/h3-5,7,9,11,13,15,17,28H,6,8,10,12,14H2,1-2H3. The van der Waals surface area contributed by atoms with E-state index in [1.165, 1.54) is 45.5 Å². The minimum Gasteiger partial charge on any atom is -0.388 e. The monoisotopic (exact) mass is 371 g/mol. The van der Waals surface area contributed by atoms with Gasteiger partial charge >= 0.3 is 0 Å². The van der Waals surface area contributed by atoms with Gasteiger partial charge in [0, 0.05) is 12.7 Å². The van der Waals surface area contributed by atoms with Gasteiger partial charge in [-0.15, -0.1) is 0 Å². The first kappa shape index (κ1) is 17.5. The lowest BCUT2D eigenvalue weighted by Gasteiger charge is -2.31. The molecule has 0 radical (unpaired) electrons. The molecule has 1 N–H and O–H groups in total. The molecule has 0 saturated carbocycles. The van der Waals surface area contributed by atoms with Gasteiger partial charge in [0.05, 0.1) is 0 Å². The Balaban J connectivity index is 1.52. The molecule has 28 heavy (non-hydrogen) atoms. The van der Waals surface area contributed by atoms with E-state index in [-0.39, 0.29) is 5.82 Å². The van der Waals surface area contributed by atoms with Crippen LogP contribution in [0, 0.1) is 12.7 Å². The maximum absolute atomic E-state index is 13.6. The van der Waals surface area contributed by atoms with Crippen LogP contribution in [0.4, 0.5) is 10.1 Å². The van der Waals surface area contributed by atoms with E-state index in [0.29, 0.717) is 5.92 Å². The average molecular weight is 371 g/mol. The van der Waals surface area contributed by atoms with Gasteiger partial charge in [-0.25, -0.2) is 4.39 Å². The third-order valence-electron chi connectivity index (χ3n) is 6.82. The summed E-state index contributed by atoms with van der Waals surface area (Å²) in [6.45, 7) is 2.24. The van der Waals surface area contributed by atoms with Crippen LogP contribution in [0.25, 0.3) is 11.1 Å². The molecule has 1 atom stereocenters. The molecule has 3 aromatic rings. The number of nitrogens with one attached hydrogen (secondary N) is 1. The molecule has 0 spiro atoms. The first-order valence-corrected chi connectivity index (χ1v) is 10.4. The molecule has 1 unspecified atom stereocenters. The van der Waals surface area contributed by atoms with Gasteiger partial charge in [0.1, 0.15) is 5.82 Å². The van der Waals surface area contributed by atoms with E-state index in [1.54, 1.807) is 17.7 Å². The van der Waals surface area contributed by atoms with Crippen molar-refractivity contribution in [2.75, 3.05) is 12.4 Å². The SMILES string of the molecule is CNc1cccc(C2CCc3c(ccc4c3CCc3cc(F)ccc3-4)C2)c1C. The zero-order valence-corrected chi connectivity index (χ0v) is 16.6. The normalized spacial score (nSPS) is 17.5. The van der Waals surface area contributed by atoms with E-state index in [2.05, 4.69) is 42.6 Å². The molecule has 0 fully saturated rings. The molecule has 5 rings (SSSR count). The summed E-state index contributed by atoms with van der Waals surface area (Å²) in [7, 11) is 2.00. The smallest absolute Gasteiger partial charge is 0.123 e. The minimum atomic E-state index is -0.123. The Labute approximate surface area is 166 Å². The predicted molar refractivity (Wildman–Crippen MR) is 115 cm³/mol. The van der Waals surface area contributed by atoms with Crippen LogP contribution in [0.1, 0.15) is 45.7 Å². The highest BCUT2D eigenvalue weighted by molar-refractivity contribution is 5.75. The fraction of sp³-hybridized carbons (Fsp3) is 0.308. The summed E-state index contributed by atoms with van der Waals surface area (Å²) in [5, 5.41) is 3.32. The zero-order valence-electron chi connectivity index (χ0n) is 16.6. The van der Waals surface area contributed by atoms with E-state index in [1.807, 2.05) is 13.1 Å². The minimum absolute atomic E-state index is 0.123. The molecule has 2 heteroatoms. The van der Waals surface area contributed by atoms with E-state index in [0.717, 1.165) is 31.2 Å². The number of rotatable bonds is 2. The van der Waals surface area contributed by atoms with Crippen molar-refractivity contribution in [2.24, 2.45) is 0 Å². The van der Waals surface area contributed by atoms with Crippen molar-refractivity contribution < 1.29 is 4.39 Å². The molecule has 0 heterocycles. The molecule has 2 aliphatic carbocycles.